The summed E-state index contributed by atoms with van der Waals surface area (Å²) in [6, 6.07) is 0. The third-order valence-electron chi connectivity index (χ3n) is 4.74. The van der Waals surface area contributed by atoms with E-state index in [1.54, 1.807) is 0 Å². The average molecular weight is 276 g/mol. The molecule has 3 heterocycles. The Balaban J connectivity index is 0.000000810. The molecule has 1 spiro atoms. The van der Waals surface area contributed by atoms with E-state index in [1.807, 2.05) is 0 Å². The predicted octanol–water partition coefficient (Wildman–Crippen LogP) is -1.09. The van der Waals surface area contributed by atoms with E-state index in [9.17, 15) is 0 Å². The number of likely N-dealkylation sites (tertiary alicyclic amines) is 1. The Morgan fingerprint density at radius 2 is 2.00 bits per heavy atom. The van der Waals surface area contributed by atoms with E-state index in [0.29, 0.717) is 5.41 Å². The van der Waals surface area contributed by atoms with Crippen LogP contribution in [0.25, 0.3) is 5.32 Å². The van der Waals surface area contributed by atoms with Crippen LogP contribution in [0.4, 0.5) is 0 Å². The van der Waals surface area contributed by atoms with Crippen molar-refractivity contribution in [2.24, 2.45) is 11.3 Å². The molecule has 3 rings (SSSR count). The van der Waals surface area contributed by atoms with Crippen LogP contribution in [0.2, 0.25) is 0 Å². The van der Waals surface area contributed by atoms with Crippen LogP contribution in [0, 0.1) is 18.8 Å². The molecule has 0 aromatic heterocycles. The van der Waals surface area contributed by atoms with Crippen LogP contribution in [0.5, 0.6) is 0 Å². The summed E-state index contributed by atoms with van der Waals surface area (Å²) in [6.07, 6.45) is 5.53. The van der Waals surface area contributed by atoms with Gasteiger partial charge in [0.25, 0.3) is 0 Å². The summed E-state index contributed by atoms with van der Waals surface area (Å²) in [4.78, 5) is 2.72. The normalized spacial score (nSPS) is 33.3. The van der Waals surface area contributed by atoms with Gasteiger partial charge in [0, 0.05) is 13.1 Å². The van der Waals surface area contributed by atoms with Crippen LogP contribution in [0.15, 0.2) is 0 Å². The van der Waals surface area contributed by atoms with Gasteiger partial charge in [0.05, 0.1) is 0 Å². The molecule has 3 nitrogen and oxygen atoms in total. The summed E-state index contributed by atoms with van der Waals surface area (Å²) in [7, 11) is 0. The van der Waals surface area contributed by atoms with Gasteiger partial charge < -0.3 is 23.0 Å². The SMILES string of the molecule is C1CC2(CCN(CC3CCNCC3)C2)C[N-]1.[CH3-].[K+]. The van der Waals surface area contributed by atoms with Gasteiger partial charge in [-0.1, -0.05) is 6.42 Å². The second-order valence-electron chi connectivity index (χ2n) is 6.03. The van der Waals surface area contributed by atoms with Crippen molar-refractivity contribution in [3.05, 3.63) is 12.7 Å². The maximum Gasteiger partial charge on any atom is 1.00 e. The Kier molecular flexibility index (Phi) is 7.89. The molecule has 3 fully saturated rings. The largest absolute Gasteiger partial charge is 1.00 e. The van der Waals surface area contributed by atoms with Crippen molar-refractivity contribution >= 4 is 0 Å². The molecule has 0 aliphatic carbocycles. The van der Waals surface area contributed by atoms with Gasteiger partial charge in [-0.25, -0.2) is 0 Å². The fourth-order valence-corrected chi connectivity index (χ4v) is 3.66. The molecule has 0 aromatic rings. The molecule has 0 aromatic carbocycles. The average Bonchev–Trinajstić information content (AvgIpc) is 2.92. The van der Waals surface area contributed by atoms with Crippen molar-refractivity contribution in [2.45, 2.75) is 25.7 Å². The molecule has 1 unspecified atom stereocenters. The van der Waals surface area contributed by atoms with Crippen LogP contribution >= 0.6 is 0 Å². The third-order valence-corrected chi connectivity index (χ3v) is 4.74. The summed E-state index contributed by atoms with van der Waals surface area (Å²) < 4.78 is 0. The quantitative estimate of drug-likeness (QED) is 0.513. The predicted molar refractivity (Wildman–Crippen MR) is 73.2 cm³/mol. The molecule has 1 N–H and O–H groups in total. The standard InChI is InChI=1S/C13H24N3.CH3.K/c1-5-14-6-2-12(1)9-16-8-4-13(11-16)3-7-15-10-13;;/h12,14H,1-11H2;1H3;/q2*-1;+1. The zero-order valence-corrected chi connectivity index (χ0v) is 15.4. The summed E-state index contributed by atoms with van der Waals surface area (Å²) in [5, 5.41) is 8.02. The Bertz CT molecular complexity index is 235. The Labute approximate surface area is 155 Å². The number of rotatable bonds is 2. The van der Waals surface area contributed by atoms with Crippen molar-refractivity contribution in [1.82, 2.24) is 10.2 Å². The molecular formula is C14H27KN3-. The monoisotopic (exact) mass is 276 g/mol. The first-order valence-electron chi connectivity index (χ1n) is 6.93. The van der Waals surface area contributed by atoms with Crippen LogP contribution < -0.4 is 56.7 Å². The Morgan fingerprint density at radius 3 is 2.67 bits per heavy atom. The Morgan fingerprint density at radius 1 is 1.22 bits per heavy atom. The molecule has 3 saturated heterocycles. The topological polar surface area (TPSA) is 29.4 Å². The summed E-state index contributed by atoms with van der Waals surface area (Å²) in [5.74, 6) is 0.953. The molecule has 0 radical (unpaired) electrons. The van der Waals surface area contributed by atoms with Crippen molar-refractivity contribution < 1.29 is 51.4 Å². The molecule has 100 valence electrons. The molecule has 1 atom stereocenters. The van der Waals surface area contributed by atoms with E-state index >= 15 is 0 Å². The van der Waals surface area contributed by atoms with Crippen molar-refractivity contribution in [2.75, 3.05) is 45.8 Å². The van der Waals surface area contributed by atoms with Gasteiger partial charge >= 0.3 is 51.4 Å². The smallest absolute Gasteiger partial charge is 0.662 e. The molecule has 4 heteroatoms. The van der Waals surface area contributed by atoms with Crippen LogP contribution in [0.3, 0.4) is 0 Å². The van der Waals surface area contributed by atoms with Crippen LogP contribution in [0.1, 0.15) is 25.7 Å². The van der Waals surface area contributed by atoms with Crippen molar-refractivity contribution in [3.63, 3.8) is 0 Å². The first-order valence-corrected chi connectivity index (χ1v) is 6.93. The second-order valence-corrected chi connectivity index (χ2v) is 6.03. The first kappa shape index (κ1) is 17.6. The van der Waals surface area contributed by atoms with Crippen LogP contribution in [-0.4, -0.2) is 50.7 Å². The van der Waals surface area contributed by atoms with Gasteiger partial charge in [-0.05, 0) is 50.2 Å². The number of hydrogen-bond acceptors (Lipinski definition) is 2. The number of nitrogens with one attached hydrogen (secondary N) is 1. The molecule has 3 aliphatic heterocycles. The minimum Gasteiger partial charge on any atom is -0.662 e. The van der Waals surface area contributed by atoms with E-state index in [2.05, 4.69) is 15.5 Å². The number of hydrogen-bond donors (Lipinski definition) is 1. The zero-order valence-electron chi connectivity index (χ0n) is 12.2. The van der Waals surface area contributed by atoms with Crippen LogP contribution in [-0.2, 0) is 0 Å². The van der Waals surface area contributed by atoms with Gasteiger partial charge in [-0.3, -0.25) is 0 Å². The van der Waals surface area contributed by atoms with Crippen molar-refractivity contribution in [3.8, 4) is 0 Å². The van der Waals surface area contributed by atoms with E-state index in [0.717, 1.165) is 19.0 Å². The minimum atomic E-state index is 0. The van der Waals surface area contributed by atoms with E-state index in [4.69, 9.17) is 0 Å². The van der Waals surface area contributed by atoms with Gasteiger partial charge in [0.15, 0.2) is 0 Å². The molecule has 18 heavy (non-hydrogen) atoms. The minimum absolute atomic E-state index is 0. The molecule has 3 aliphatic rings. The summed E-state index contributed by atoms with van der Waals surface area (Å²) in [6.45, 7) is 8.76. The number of piperidine rings is 1. The summed E-state index contributed by atoms with van der Waals surface area (Å²) in [5.41, 5.74) is 0.604. The molecule has 0 bridgehead atoms. The van der Waals surface area contributed by atoms with E-state index in [-0.39, 0.29) is 58.8 Å². The van der Waals surface area contributed by atoms with Gasteiger partial charge in [0.2, 0.25) is 0 Å². The van der Waals surface area contributed by atoms with Gasteiger partial charge in [0.1, 0.15) is 0 Å². The van der Waals surface area contributed by atoms with Gasteiger partial charge in [-0.2, -0.15) is 0 Å². The van der Waals surface area contributed by atoms with Gasteiger partial charge in [-0.15, -0.1) is 13.1 Å². The molecule has 0 amide bonds. The third kappa shape index (κ3) is 4.25. The molecule has 0 saturated carbocycles. The fraction of sp³-hybridized carbons (Fsp3) is 0.929. The second kappa shape index (κ2) is 8.08. The Hall–Kier alpha value is 1.52. The maximum absolute atomic E-state index is 4.56. The van der Waals surface area contributed by atoms with E-state index in [1.165, 1.54) is 58.4 Å². The maximum atomic E-state index is 4.56. The molecular weight excluding hydrogens is 249 g/mol. The summed E-state index contributed by atoms with van der Waals surface area (Å²) >= 11 is 0. The first-order chi connectivity index (χ1) is 7.86. The van der Waals surface area contributed by atoms with Crippen molar-refractivity contribution in [1.29, 1.82) is 0 Å². The number of nitrogens with zero attached hydrogens (tertiary/aromatic N) is 2. The zero-order chi connectivity index (χ0) is 10.8. The van der Waals surface area contributed by atoms with E-state index < -0.39 is 0 Å². The fourth-order valence-electron chi connectivity index (χ4n) is 3.66.